The van der Waals surface area contributed by atoms with Crippen molar-refractivity contribution in [3.8, 4) is 11.5 Å². The second-order valence-corrected chi connectivity index (χ2v) is 38.6. The first kappa shape index (κ1) is 84.6. The third-order valence-corrected chi connectivity index (χ3v) is 21.7. The maximum Gasteiger partial charge on any atom is -0.0134 e. The van der Waals surface area contributed by atoms with Crippen LogP contribution in [0.5, 0.6) is 11.5 Å². The van der Waals surface area contributed by atoms with Crippen LogP contribution in [0.15, 0.2) is 309 Å². The van der Waals surface area contributed by atoms with Crippen molar-refractivity contribution in [2.24, 2.45) is 0 Å². The molecular weight excluding hydrogens is 1470 g/mol. The van der Waals surface area contributed by atoms with Crippen LogP contribution < -0.4 is 58.0 Å². The summed E-state index contributed by atoms with van der Waals surface area (Å²) >= 11 is 21.4. The van der Waals surface area contributed by atoms with E-state index >= 15 is 0 Å². The van der Waals surface area contributed by atoms with Gasteiger partial charge in [-0.1, -0.05) is 461 Å². The van der Waals surface area contributed by atoms with Crippen LogP contribution in [-0.4, -0.2) is 19.5 Å². The molecule has 0 saturated carbocycles. The Bertz CT molecular complexity index is 3170. The molecule has 0 spiro atoms. The zero-order valence-electron chi connectivity index (χ0n) is 57.8. The quantitative estimate of drug-likeness (QED) is 0.0821. The van der Waals surface area contributed by atoms with Crippen LogP contribution in [0.1, 0.15) is 105 Å². The number of halogens is 6. The summed E-state index contributed by atoms with van der Waals surface area (Å²) in [6.07, 6.45) is 0. The summed E-state index contributed by atoms with van der Waals surface area (Å²) in [5.74, 6) is 2.33. The number of benzene rings is 11. The molecule has 504 valence electrons. The molecule has 11 aromatic rings. The Morgan fingerprint density at radius 1 is 0.237 bits per heavy atom. The van der Waals surface area contributed by atoms with Crippen molar-refractivity contribution in [2.75, 3.05) is 0 Å². The average molecular weight is 1570 g/mol. The van der Waals surface area contributed by atoms with Gasteiger partial charge < -0.3 is 10.2 Å². The number of para-hydroxylation sites is 2. The average Bonchev–Trinajstić information content (AvgIpc) is 0.855. The van der Waals surface area contributed by atoms with Gasteiger partial charge in [-0.2, -0.15) is 0 Å². The maximum atomic E-state index is 12.3. The van der Waals surface area contributed by atoms with Crippen LogP contribution in [0.2, 0.25) is 5.79 Å². The minimum atomic E-state index is -1.61. The first-order valence-electron chi connectivity index (χ1n) is 31.7. The monoisotopic (exact) mass is 1560 g/mol. The van der Waals surface area contributed by atoms with Crippen LogP contribution in [0.25, 0.3) is 0 Å². The Balaban J connectivity index is 0.000000250. The fraction of sp³-hybridized carbons (Fsp3) is 0.214. The summed E-state index contributed by atoms with van der Waals surface area (Å²) in [5.41, 5.74) is 3.36. The molecule has 0 aliphatic carbocycles. The summed E-state index contributed by atoms with van der Waals surface area (Å²) in [7, 11) is 8.37. The minimum Gasteiger partial charge on any atom is -0.0622 e. The Kier molecular flexibility index (Phi) is 37.6. The van der Waals surface area contributed by atoms with Crippen molar-refractivity contribution >= 4 is 154 Å². The van der Waals surface area contributed by atoms with Gasteiger partial charge in [0.2, 0.25) is 0 Å². The van der Waals surface area contributed by atoms with E-state index < -0.39 is 27.0 Å². The summed E-state index contributed by atoms with van der Waals surface area (Å²) in [6.45, 7) is 25.0. The van der Waals surface area contributed by atoms with Crippen LogP contribution in [0.4, 0.5) is 0 Å². The molecule has 0 saturated heterocycles. The van der Waals surface area contributed by atoms with Gasteiger partial charge in [-0.25, -0.2) is 0 Å². The van der Waals surface area contributed by atoms with Crippen LogP contribution in [0, 0.1) is 0 Å². The van der Waals surface area contributed by atoms with Gasteiger partial charge in [-0.3, -0.25) is 0 Å². The van der Waals surface area contributed by atoms with Gasteiger partial charge >= 0.3 is 56.6 Å². The van der Waals surface area contributed by atoms with Gasteiger partial charge in [-0.15, -0.1) is 11.5 Å². The molecule has 11 aromatic carbocycles. The predicted molar refractivity (Wildman–Crippen MR) is 431 cm³/mol. The van der Waals surface area contributed by atoms with E-state index in [4.69, 9.17) is 65.8 Å². The van der Waals surface area contributed by atoms with E-state index in [0.29, 0.717) is 0 Å². The standard InChI is InChI=1S/3C18H15P.2C14H22O.CCl4.CH3.Al.2ClH.Ru/c3*1-4-10-16(11-5-1)19(17-12-6-2-7-13-17)18-14-8-3-9-15-18;2*1-13(2,3)10-8-7-9-11(12(10)15)14(4,5)6;2-1(3,4)5;;;;;/h3*1-15H;2*7-9,15H,1-6H3;;1H3;;2*1H;/q;;;;;;;+2;;;+4/p-4. The van der Waals surface area contributed by atoms with Crippen LogP contribution in [0.3, 0.4) is 0 Å². The first-order valence-corrected chi connectivity index (χ1v) is 42.9. The molecule has 97 heavy (non-hydrogen) atoms. The van der Waals surface area contributed by atoms with E-state index in [9.17, 15) is 10.2 Å². The molecule has 0 amide bonds. The number of alkyl halides is 4. The Morgan fingerprint density at radius 3 is 0.433 bits per heavy atom. The van der Waals surface area contributed by atoms with Crippen molar-refractivity contribution in [1.29, 1.82) is 0 Å². The van der Waals surface area contributed by atoms with Crippen molar-refractivity contribution < 1.29 is 25.4 Å². The van der Waals surface area contributed by atoms with E-state index in [2.05, 4.69) is 372 Å². The molecule has 0 unspecified atom stereocenters. The Hall–Kier alpha value is -4.79. The van der Waals surface area contributed by atoms with Crippen molar-refractivity contribution in [3.63, 3.8) is 0 Å². The summed E-state index contributed by atoms with van der Waals surface area (Å²) in [5, 5.41) is 37.1. The molecule has 0 aliphatic rings. The third-order valence-electron chi connectivity index (χ3n) is 14.4. The van der Waals surface area contributed by atoms with Crippen LogP contribution in [-0.2, 0) is 36.8 Å². The van der Waals surface area contributed by atoms with Crippen molar-refractivity contribution in [2.45, 2.75) is 114 Å². The largest absolute Gasteiger partial charge is 0.0622 e. The zero-order valence-corrected chi connectivity index (χ0v) is 67.9. The molecule has 13 heteroatoms. The van der Waals surface area contributed by atoms with Gasteiger partial charge in [-0.05, 0) is 93.2 Å². The van der Waals surface area contributed by atoms with Crippen molar-refractivity contribution in [1.82, 2.24) is 0 Å². The SMILES string of the molecule is CC(C)(C)c1cccc(C(C)(C)C)c1[O-].CC(C)(C)c1cccc(C(C)(C)C)c1[O-].ClC(Cl)(Cl)Cl.[CH3][Al+2].[Cl][Ru+2][Cl].c1ccc(P(c2ccccc2)c2ccccc2)cc1.c1ccc(P(c2ccccc2)c2ccccc2)cc1.c1ccc(P(c2ccccc2)c2ccccc2)cc1. The topological polar surface area (TPSA) is 46.1 Å². The van der Waals surface area contributed by atoms with E-state index in [0.717, 1.165) is 22.3 Å². The second-order valence-electron chi connectivity index (χ2n) is 25.9. The van der Waals surface area contributed by atoms with Gasteiger partial charge in [0.1, 0.15) is 0 Å². The molecule has 0 heterocycles. The molecule has 2 nitrogen and oxygen atoms in total. The molecule has 0 atom stereocenters. The van der Waals surface area contributed by atoms with Gasteiger partial charge in [0.15, 0.2) is 0 Å². The van der Waals surface area contributed by atoms with E-state index in [1.165, 1.54) is 47.7 Å². The van der Waals surface area contributed by atoms with Gasteiger partial charge in [0, 0.05) is 0 Å². The summed E-state index contributed by atoms with van der Waals surface area (Å²) in [4.78, 5) is 0. The normalized spacial score (nSPS) is 11.1. The molecular formula is C84H90AlCl6O2P3Ru+2. The smallest absolute Gasteiger partial charge is 0.0134 e. The molecule has 11 rings (SSSR count). The number of rotatable bonds is 9. The first-order chi connectivity index (χ1) is 46.0. The molecule has 0 N–H and O–H groups in total. The van der Waals surface area contributed by atoms with E-state index in [1.807, 2.05) is 42.2 Å². The molecule has 0 aromatic heterocycles. The number of hydrogen-bond acceptors (Lipinski definition) is 2. The summed E-state index contributed by atoms with van der Waals surface area (Å²) < 4.78 is -1.61. The van der Waals surface area contributed by atoms with Crippen LogP contribution >= 0.6 is 89.6 Å². The Labute approximate surface area is 629 Å². The Morgan fingerprint density at radius 2 is 0.340 bits per heavy atom. The fourth-order valence-corrected chi connectivity index (χ4v) is 16.9. The van der Waals surface area contributed by atoms with Gasteiger partial charge in [0.25, 0.3) is 3.25 Å². The van der Waals surface area contributed by atoms with E-state index in [-0.39, 0.29) is 48.3 Å². The summed E-state index contributed by atoms with van der Waals surface area (Å²) in [6, 6.07) is 109. The van der Waals surface area contributed by atoms with Crippen molar-refractivity contribution in [3.05, 3.63) is 332 Å². The van der Waals surface area contributed by atoms with Gasteiger partial charge in [0.05, 0.1) is 0 Å². The minimum absolute atomic E-state index is 0.0711. The second kappa shape index (κ2) is 43.1. The zero-order chi connectivity index (χ0) is 71.7. The van der Waals surface area contributed by atoms with E-state index in [1.54, 1.807) is 0 Å². The molecule has 0 radical (unpaired) electrons. The fourth-order valence-electron chi connectivity index (χ4n) is 9.97. The molecule has 0 aliphatic heterocycles. The third kappa shape index (κ3) is 30.1. The molecule has 0 bridgehead atoms. The predicted octanol–water partition coefficient (Wildman–Crippen LogP) is 21.2. The number of hydrogen-bond donors (Lipinski definition) is 0. The molecule has 0 fully saturated rings. The maximum absolute atomic E-state index is 12.3.